The number of likely N-dealkylation sites (N-methyl/N-ethyl adjacent to an activating group) is 1. The third kappa shape index (κ3) is 7.02. The lowest BCUT2D eigenvalue weighted by atomic mass is 10.2. The summed E-state index contributed by atoms with van der Waals surface area (Å²) in [5.74, 6) is 0.952. The average Bonchev–Trinajstić information content (AvgIpc) is 2.42. The number of hydrogen-bond acceptors (Lipinski definition) is 2. The van der Waals surface area contributed by atoms with Gasteiger partial charge in [-0.15, -0.1) is 24.0 Å². The summed E-state index contributed by atoms with van der Waals surface area (Å²) in [5, 5.41) is 3.28. The maximum Gasteiger partial charge on any atom is 0.193 e. The fourth-order valence-corrected chi connectivity index (χ4v) is 2.08. The summed E-state index contributed by atoms with van der Waals surface area (Å²) in [5.41, 5.74) is 2.57. The number of benzene rings is 1. The van der Waals surface area contributed by atoms with Crippen molar-refractivity contribution < 1.29 is 0 Å². The lowest BCUT2D eigenvalue weighted by molar-refractivity contribution is 0.583. The molecule has 1 aromatic rings. The number of halogens is 1. The summed E-state index contributed by atoms with van der Waals surface area (Å²) in [6.07, 6.45) is 0. The molecule has 1 aromatic carbocycles. The van der Waals surface area contributed by atoms with Gasteiger partial charge in [-0.2, -0.15) is 0 Å². The highest BCUT2D eigenvalue weighted by atomic mass is 127. The number of nitrogens with one attached hydrogen (secondary N) is 1. The Balaban J connectivity index is 0.00000400. The summed E-state index contributed by atoms with van der Waals surface area (Å²) in [4.78, 5) is 9.02. The van der Waals surface area contributed by atoms with Gasteiger partial charge in [0.2, 0.25) is 0 Å². The van der Waals surface area contributed by atoms with Crippen molar-refractivity contribution in [2.45, 2.75) is 20.8 Å². The van der Waals surface area contributed by atoms with Crippen molar-refractivity contribution in [1.29, 1.82) is 0 Å². The minimum Gasteiger partial charge on any atom is -0.370 e. The van der Waals surface area contributed by atoms with E-state index in [9.17, 15) is 0 Å². The second-order valence-electron chi connectivity index (χ2n) is 5.05. The number of nitrogens with zero attached hydrogens (tertiary/aromatic N) is 3. The molecule has 0 saturated heterocycles. The first-order chi connectivity index (χ1) is 9.58. The highest BCUT2D eigenvalue weighted by Crippen LogP contribution is 2.15. The van der Waals surface area contributed by atoms with Crippen LogP contribution < -0.4 is 10.2 Å². The molecule has 0 aliphatic heterocycles. The molecule has 0 heterocycles. The van der Waals surface area contributed by atoms with Crippen LogP contribution in [0.1, 0.15) is 19.4 Å². The van der Waals surface area contributed by atoms with Crippen LogP contribution in [0.3, 0.4) is 0 Å². The van der Waals surface area contributed by atoms with Gasteiger partial charge in [-0.1, -0.05) is 12.1 Å². The number of aryl methyl sites for hydroxylation is 1. The standard InChI is InChI=1S/C16H28N4.HI/c1-6-17-16(19(4)5)18-11-12-20(7-2)15-10-8-9-14(3)13-15;/h8-10,13H,6-7,11-12H2,1-5H3,(H,17,18);1H. The molecule has 0 aliphatic carbocycles. The monoisotopic (exact) mass is 404 g/mol. The van der Waals surface area contributed by atoms with E-state index < -0.39 is 0 Å². The van der Waals surface area contributed by atoms with Crippen LogP contribution in [0.15, 0.2) is 29.3 Å². The second kappa shape index (κ2) is 10.7. The van der Waals surface area contributed by atoms with Gasteiger partial charge in [0.05, 0.1) is 6.54 Å². The molecule has 0 atom stereocenters. The van der Waals surface area contributed by atoms with Crippen molar-refractivity contribution in [1.82, 2.24) is 10.2 Å². The lowest BCUT2D eigenvalue weighted by Gasteiger charge is -2.23. The Bertz CT molecular complexity index is 432. The molecular weight excluding hydrogens is 375 g/mol. The molecule has 0 unspecified atom stereocenters. The van der Waals surface area contributed by atoms with Gasteiger partial charge in [0.1, 0.15) is 0 Å². The zero-order valence-electron chi connectivity index (χ0n) is 13.9. The molecule has 120 valence electrons. The molecule has 21 heavy (non-hydrogen) atoms. The van der Waals surface area contributed by atoms with E-state index in [4.69, 9.17) is 0 Å². The van der Waals surface area contributed by atoms with Crippen molar-refractivity contribution in [3.05, 3.63) is 29.8 Å². The van der Waals surface area contributed by atoms with E-state index >= 15 is 0 Å². The molecule has 0 bridgehead atoms. The predicted octanol–water partition coefficient (Wildman–Crippen LogP) is 2.97. The Labute approximate surface area is 146 Å². The summed E-state index contributed by atoms with van der Waals surface area (Å²) in [6, 6.07) is 8.63. The summed E-state index contributed by atoms with van der Waals surface area (Å²) in [7, 11) is 4.03. The molecule has 1 rings (SSSR count). The fourth-order valence-electron chi connectivity index (χ4n) is 2.08. The van der Waals surface area contributed by atoms with Crippen LogP contribution in [0.4, 0.5) is 5.69 Å². The fraction of sp³-hybridized carbons (Fsp3) is 0.562. The van der Waals surface area contributed by atoms with Crippen molar-refractivity contribution in [3.8, 4) is 0 Å². The molecule has 0 radical (unpaired) electrons. The Morgan fingerprint density at radius 1 is 1.24 bits per heavy atom. The van der Waals surface area contributed by atoms with Crippen LogP contribution >= 0.6 is 24.0 Å². The summed E-state index contributed by atoms with van der Waals surface area (Å²) < 4.78 is 0. The van der Waals surface area contributed by atoms with E-state index in [1.807, 2.05) is 19.0 Å². The molecule has 0 fully saturated rings. The van der Waals surface area contributed by atoms with Crippen molar-refractivity contribution >= 4 is 35.6 Å². The Kier molecular flexibility index (Phi) is 10.2. The Morgan fingerprint density at radius 3 is 2.48 bits per heavy atom. The van der Waals surface area contributed by atoms with Gasteiger partial charge < -0.3 is 15.1 Å². The SMILES string of the molecule is CCNC(=NCCN(CC)c1cccc(C)c1)N(C)C.I. The van der Waals surface area contributed by atoms with Crippen LogP contribution in [-0.4, -0.2) is 51.1 Å². The van der Waals surface area contributed by atoms with Crippen molar-refractivity contribution in [3.63, 3.8) is 0 Å². The zero-order chi connectivity index (χ0) is 15.0. The first kappa shape index (κ1) is 20.0. The molecule has 0 aromatic heterocycles. The van der Waals surface area contributed by atoms with Crippen LogP contribution in [0, 0.1) is 6.92 Å². The highest BCUT2D eigenvalue weighted by Gasteiger charge is 2.04. The van der Waals surface area contributed by atoms with E-state index in [1.54, 1.807) is 0 Å². The lowest BCUT2D eigenvalue weighted by Crippen LogP contribution is -2.37. The van der Waals surface area contributed by atoms with E-state index in [2.05, 4.69) is 60.2 Å². The normalized spacial score (nSPS) is 10.8. The molecule has 1 N–H and O–H groups in total. The molecule has 0 aliphatic rings. The van der Waals surface area contributed by atoms with Gasteiger partial charge in [-0.3, -0.25) is 4.99 Å². The maximum atomic E-state index is 4.64. The van der Waals surface area contributed by atoms with E-state index in [0.29, 0.717) is 0 Å². The zero-order valence-corrected chi connectivity index (χ0v) is 16.2. The summed E-state index contributed by atoms with van der Waals surface area (Å²) >= 11 is 0. The quantitative estimate of drug-likeness (QED) is 0.449. The third-order valence-electron chi connectivity index (χ3n) is 3.14. The van der Waals surface area contributed by atoms with Gasteiger partial charge in [0.25, 0.3) is 0 Å². The second-order valence-corrected chi connectivity index (χ2v) is 5.05. The molecular formula is C16H29IN4. The molecule has 0 amide bonds. The third-order valence-corrected chi connectivity index (χ3v) is 3.14. The van der Waals surface area contributed by atoms with Crippen LogP contribution in [0.5, 0.6) is 0 Å². The van der Waals surface area contributed by atoms with Gasteiger partial charge >= 0.3 is 0 Å². The van der Waals surface area contributed by atoms with E-state index in [1.165, 1.54) is 11.3 Å². The molecule has 0 spiro atoms. The van der Waals surface area contributed by atoms with Gasteiger partial charge in [-0.25, -0.2) is 0 Å². The number of aliphatic imine (C=N–C) groups is 1. The Hall–Kier alpha value is -0.980. The maximum absolute atomic E-state index is 4.64. The first-order valence-corrected chi connectivity index (χ1v) is 7.35. The number of guanidine groups is 1. The van der Waals surface area contributed by atoms with Crippen molar-refractivity contribution in [2.75, 3.05) is 45.2 Å². The smallest absolute Gasteiger partial charge is 0.193 e. The molecule has 0 saturated carbocycles. The van der Waals surface area contributed by atoms with Crippen LogP contribution in [0.2, 0.25) is 0 Å². The highest BCUT2D eigenvalue weighted by molar-refractivity contribution is 14.0. The van der Waals surface area contributed by atoms with Crippen LogP contribution in [0.25, 0.3) is 0 Å². The minimum absolute atomic E-state index is 0. The number of anilines is 1. The molecule has 5 heteroatoms. The largest absolute Gasteiger partial charge is 0.370 e. The van der Waals surface area contributed by atoms with E-state index in [-0.39, 0.29) is 24.0 Å². The van der Waals surface area contributed by atoms with E-state index in [0.717, 1.165) is 32.1 Å². The topological polar surface area (TPSA) is 30.9 Å². The molecule has 4 nitrogen and oxygen atoms in total. The van der Waals surface area contributed by atoms with Gasteiger partial charge in [-0.05, 0) is 38.5 Å². The van der Waals surface area contributed by atoms with Crippen molar-refractivity contribution in [2.24, 2.45) is 4.99 Å². The van der Waals surface area contributed by atoms with Crippen LogP contribution in [-0.2, 0) is 0 Å². The van der Waals surface area contributed by atoms with Gasteiger partial charge in [0.15, 0.2) is 5.96 Å². The van der Waals surface area contributed by atoms with Gasteiger partial charge in [0, 0.05) is 39.4 Å². The predicted molar refractivity (Wildman–Crippen MR) is 104 cm³/mol. The average molecular weight is 404 g/mol. The minimum atomic E-state index is 0. The summed E-state index contributed by atoms with van der Waals surface area (Å²) in [6.45, 7) is 10.0. The number of rotatable bonds is 6. The first-order valence-electron chi connectivity index (χ1n) is 7.35. The number of hydrogen-bond donors (Lipinski definition) is 1. The Morgan fingerprint density at radius 2 is 1.95 bits per heavy atom.